The molecule has 3 rings (SSSR count). The number of para-hydroxylation sites is 1. The lowest BCUT2D eigenvalue weighted by Gasteiger charge is -2.21. The van der Waals surface area contributed by atoms with E-state index in [1.165, 1.54) is 12.1 Å². The molecule has 0 aliphatic carbocycles. The highest BCUT2D eigenvalue weighted by Gasteiger charge is 2.23. The Morgan fingerprint density at radius 1 is 1.09 bits per heavy atom. The van der Waals surface area contributed by atoms with E-state index in [0.29, 0.717) is 6.42 Å². The van der Waals surface area contributed by atoms with E-state index in [4.69, 9.17) is 0 Å². The molecule has 3 aromatic rings. The Kier molecular flexibility index (Phi) is 8.46. The van der Waals surface area contributed by atoms with Crippen molar-refractivity contribution in [1.29, 1.82) is 0 Å². The van der Waals surface area contributed by atoms with Gasteiger partial charge < -0.3 is 14.8 Å². The van der Waals surface area contributed by atoms with Crippen LogP contribution in [0, 0.1) is 5.82 Å². The number of rotatable bonds is 11. The van der Waals surface area contributed by atoms with E-state index in [9.17, 15) is 9.18 Å². The van der Waals surface area contributed by atoms with E-state index in [1.807, 2.05) is 19.2 Å². The zero-order valence-electron chi connectivity index (χ0n) is 19.8. The number of nitrogens with zero attached hydrogens (tertiary/aromatic N) is 2. The molecule has 0 aliphatic heterocycles. The van der Waals surface area contributed by atoms with Gasteiger partial charge in [0.25, 0.3) is 0 Å². The van der Waals surface area contributed by atoms with Gasteiger partial charge in [0.05, 0.1) is 0 Å². The fourth-order valence-corrected chi connectivity index (χ4v) is 4.51. The minimum absolute atomic E-state index is 0.0302. The summed E-state index contributed by atoms with van der Waals surface area (Å²) in [5.74, 6) is -0.371. The summed E-state index contributed by atoms with van der Waals surface area (Å²) in [6.07, 6.45) is 4.45. The number of halogens is 1. The standard InChI is InChI=1S/C27H36FN3O/c1-5-31(6-2)17-9-10-20(3)29-27(32)18-24(21-13-15-22(28)16-14-21)25-19-30(4)26-12-8-7-11-23(25)26/h7-8,11-16,19-20,24H,5-6,9-10,17-18H2,1-4H3,(H,29,32). The van der Waals surface area contributed by atoms with Crippen LogP contribution < -0.4 is 5.32 Å². The predicted octanol–water partition coefficient (Wildman–Crippen LogP) is 5.47. The summed E-state index contributed by atoms with van der Waals surface area (Å²) in [5.41, 5.74) is 3.17. The lowest BCUT2D eigenvalue weighted by molar-refractivity contribution is -0.121. The van der Waals surface area contributed by atoms with Crippen molar-refractivity contribution in [2.45, 2.75) is 52.0 Å². The first-order valence-electron chi connectivity index (χ1n) is 11.7. The van der Waals surface area contributed by atoms with Gasteiger partial charge in [-0.2, -0.15) is 0 Å². The number of aromatic nitrogens is 1. The first-order valence-corrected chi connectivity index (χ1v) is 11.7. The van der Waals surface area contributed by atoms with Crippen LogP contribution in [-0.2, 0) is 11.8 Å². The molecule has 2 unspecified atom stereocenters. The maximum absolute atomic E-state index is 13.6. The Morgan fingerprint density at radius 2 is 1.78 bits per heavy atom. The average Bonchev–Trinajstić information content (AvgIpc) is 3.12. The molecular weight excluding hydrogens is 401 g/mol. The van der Waals surface area contributed by atoms with E-state index in [0.717, 1.165) is 54.5 Å². The SMILES string of the molecule is CCN(CC)CCCC(C)NC(=O)CC(c1ccc(F)cc1)c1cn(C)c2ccccc12. The molecule has 0 bridgehead atoms. The van der Waals surface area contributed by atoms with E-state index in [1.54, 1.807) is 12.1 Å². The summed E-state index contributed by atoms with van der Waals surface area (Å²) in [6, 6.07) is 14.9. The lowest BCUT2D eigenvalue weighted by atomic mass is 9.88. The Hall–Kier alpha value is -2.66. The first kappa shape index (κ1) is 24.0. The summed E-state index contributed by atoms with van der Waals surface area (Å²) in [7, 11) is 2.02. The van der Waals surface area contributed by atoms with Gasteiger partial charge in [-0.15, -0.1) is 0 Å². The lowest BCUT2D eigenvalue weighted by Crippen LogP contribution is -2.34. The third kappa shape index (κ3) is 5.98. The van der Waals surface area contributed by atoms with Crippen molar-refractivity contribution in [2.75, 3.05) is 19.6 Å². The second kappa shape index (κ2) is 11.3. The van der Waals surface area contributed by atoms with Crippen molar-refractivity contribution >= 4 is 16.8 Å². The van der Waals surface area contributed by atoms with Crippen molar-refractivity contribution in [2.24, 2.45) is 7.05 Å². The molecule has 172 valence electrons. The van der Waals surface area contributed by atoms with E-state index in [-0.39, 0.29) is 23.7 Å². The summed E-state index contributed by atoms with van der Waals surface area (Å²) in [5, 5.41) is 4.32. The van der Waals surface area contributed by atoms with Crippen molar-refractivity contribution in [3.05, 3.63) is 71.7 Å². The second-order valence-corrected chi connectivity index (χ2v) is 8.66. The molecule has 32 heavy (non-hydrogen) atoms. The number of carbonyl (C=O) groups is 1. The van der Waals surface area contributed by atoms with Crippen LogP contribution in [-0.4, -0.2) is 41.1 Å². The van der Waals surface area contributed by atoms with Gasteiger partial charge in [0.2, 0.25) is 5.91 Å². The molecule has 1 heterocycles. The number of aryl methyl sites for hydroxylation is 1. The van der Waals surface area contributed by atoms with Gasteiger partial charge in [-0.1, -0.05) is 44.2 Å². The van der Waals surface area contributed by atoms with Crippen LogP contribution in [0.25, 0.3) is 10.9 Å². The summed E-state index contributed by atoms with van der Waals surface area (Å²) in [6.45, 7) is 9.60. The van der Waals surface area contributed by atoms with Gasteiger partial charge in [-0.3, -0.25) is 4.79 Å². The Labute approximate surface area is 191 Å². The normalized spacial score (nSPS) is 13.4. The zero-order chi connectivity index (χ0) is 23.1. The molecule has 2 aromatic carbocycles. The van der Waals surface area contributed by atoms with Crippen LogP contribution in [0.2, 0.25) is 0 Å². The number of benzene rings is 2. The highest BCUT2D eigenvalue weighted by molar-refractivity contribution is 5.86. The number of carbonyl (C=O) groups excluding carboxylic acids is 1. The number of fused-ring (bicyclic) bond motifs is 1. The highest BCUT2D eigenvalue weighted by Crippen LogP contribution is 2.34. The maximum Gasteiger partial charge on any atom is 0.221 e. The van der Waals surface area contributed by atoms with Gasteiger partial charge in [-0.25, -0.2) is 4.39 Å². The van der Waals surface area contributed by atoms with Crippen molar-refractivity contribution < 1.29 is 9.18 Å². The zero-order valence-corrected chi connectivity index (χ0v) is 19.8. The molecule has 0 fully saturated rings. The minimum atomic E-state index is -0.267. The van der Waals surface area contributed by atoms with Crippen LogP contribution >= 0.6 is 0 Å². The summed E-state index contributed by atoms with van der Waals surface area (Å²) >= 11 is 0. The van der Waals surface area contributed by atoms with Gasteiger partial charge >= 0.3 is 0 Å². The molecule has 0 radical (unpaired) electrons. The van der Waals surface area contributed by atoms with Crippen molar-refractivity contribution in [3.8, 4) is 0 Å². The van der Waals surface area contributed by atoms with Gasteiger partial charge in [0.15, 0.2) is 0 Å². The Bertz CT molecular complexity index is 1010. The van der Waals surface area contributed by atoms with Crippen LogP contribution in [0.1, 0.15) is 57.1 Å². The van der Waals surface area contributed by atoms with E-state index >= 15 is 0 Å². The van der Waals surface area contributed by atoms with Crippen molar-refractivity contribution in [3.63, 3.8) is 0 Å². The molecule has 1 amide bonds. The molecule has 2 atom stereocenters. The monoisotopic (exact) mass is 437 g/mol. The molecular formula is C27H36FN3O. The number of hydrogen-bond donors (Lipinski definition) is 1. The molecule has 0 saturated carbocycles. The topological polar surface area (TPSA) is 37.3 Å². The average molecular weight is 438 g/mol. The van der Waals surface area contributed by atoms with Gasteiger partial charge in [0.1, 0.15) is 5.82 Å². The molecule has 1 aromatic heterocycles. The number of nitrogens with one attached hydrogen (secondary N) is 1. The van der Waals surface area contributed by atoms with Gasteiger partial charge in [0, 0.05) is 42.5 Å². The van der Waals surface area contributed by atoms with Crippen LogP contribution in [0.3, 0.4) is 0 Å². The predicted molar refractivity (Wildman–Crippen MR) is 130 cm³/mol. The quantitative estimate of drug-likeness (QED) is 0.432. The first-order chi connectivity index (χ1) is 15.4. The maximum atomic E-state index is 13.6. The number of hydrogen-bond acceptors (Lipinski definition) is 2. The smallest absolute Gasteiger partial charge is 0.221 e. The highest BCUT2D eigenvalue weighted by atomic mass is 19.1. The third-order valence-electron chi connectivity index (χ3n) is 6.38. The van der Waals surface area contributed by atoms with E-state index in [2.05, 4.69) is 53.9 Å². The molecule has 4 nitrogen and oxygen atoms in total. The molecule has 5 heteroatoms. The Morgan fingerprint density at radius 3 is 2.47 bits per heavy atom. The van der Waals surface area contributed by atoms with Crippen LogP contribution in [0.15, 0.2) is 54.7 Å². The van der Waals surface area contributed by atoms with Crippen LogP contribution in [0.4, 0.5) is 4.39 Å². The fraction of sp³-hybridized carbons (Fsp3) is 0.444. The molecule has 1 N–H and O–H groups in total. The third-order valence-corrected chi connectivity index (χ3v) is 6.38. The second-order valence-electron chi connectivity index (χ2n) is 8.66. The number of amides is 1. The minimum Gasteiger partial charge on any atom is -0.354 e. The van der Waals surface area contributed by atoms with E-state index < -0.39 is 0 Å². The molecule has 0 aliphatic rings. The summed E-state index contributed by atoms with van der Waals surface area (Å²) < 4.78 is 15.7. The Balaban J connectivity index is 1.75. The van der Waals surface area contributed by atoms with Crippen molar-refractivity contribution in [1.82, 2.24) is 14.8 Å². The largest absolute Gasteiger partial charge is 0.354 e. The summed E-state index contributed by atoms with van der Waals surface area (Å²) in [4.78, 5) is 15.4. The fourth-order valence-electron chi connectivity index (χ4n) is 4.51. The molecule has 0 saturated heterocycles. The molecule has 0 spiro atoms. The van der Waals surface area contributed by atoms with Crippen LogP contribution in [0.5, 0.6) is 0 Å². The van der Waals surface area contributed by atoms with Gasteiger partial charge in [-0.05, 0) is 68.7 Å².